The fraction of sp³-hybridized carbons (Fsp3) is 0.269. The van der Waals surface area contributed by atoms with Crippen LogP contribution < -0.4 is 9.47 Å². The summed E-state index contributed by atoms with van der Waals surface area (Å²) in [6.07, 6.45) is 1.71. The third-order valence-electron chi connectivity index (χ3n) is 6.16. The van der Waals surface area contributed by atoms with Gasteiger partial charge in [-0.25, -0.2) is 0 Å². The number of hydrogen-bond acceptors (Lipinski definition) is 4. The van der Waals surface area contributed by atoms with E-state index in [2.05, 4.69) is 50.2 Å². The van der Waals surface area contributed by atoms with Gasteiger partial charge in [-0.15, -0.1) is 0 Å². The lowest BCUT2D eigenvalue weighted by Gasteiger charge is -2.40. The Morgan fingerprint density at radius 2 is 1.87 bits per heavy atom. The maximum absolute atomic E-state index is 10.2. The molecule has 0 aromatic heterocycles. The van der Waals surface area contributed by atoms with Gasteiger partial charge in [-0.05, 0) is 46.4 Å². The van der Waals surface area contributed by atoms with Crippen LogP contribution in [0.25, 0.3) is 10.8 Å². The molecule has 4 heteroatoms. The van der Waals surface area contributed by atoms with Crippen molar-refractivity contribution in [2.24, 2.45) is 5.41 Å². The van der Waals surface area contributed by atoms with E-state index in [1.54, 1.807) is 13.2 Å². The van der Waals surface area contributed by atoms with Crippen LogP contribution in [0.5, 0.6) is 17.2 Å². The van der Waals surface area contributed by atoms with Crippen LogP contribution in [0.1, 0.15) is 43.7 Å². The minimum absolute atomic E-state index is 0.0621. The molecule has 1 aliphatic carbocycles. The zero-order chi connectivity index (χ0) is 21.0. The van der Waals surface area contributed by atoms with E-state index >= 15 is 0 Å². The number of phenolic OH excluding ortho intramolecular Hbond substituents is 1. The predicted molar refractivity (Wildman–Crippen MR) is 124 cm³/mol. The molecule has 5 rings (SSSR count). The molecule has 1 heterocycles. The molecule has 0 radical (unpaired) electrons. The van der Waals surface area contributed by atoms with Crippen molar-refractivity contribution < 1.29 is 14.6 Å². The average Bonchev–Trinajstić information content (AvgIpc) is 2.71. The number of thiocarbonyl (C=S) groups is 1. The molecule has 0 bridgehead atoms. The summed E-state index contributed by atoms with van der Waals surface area (Å²) >= 11 is 5.95. The first-order valence-corrected chi connectivity index (χ1v) is 10.6. The quantitative estimate of drug-likeness (QED) is 0.483. The van der Waals surface area contributed by atoms with Crippen LogP contribution in [0.2, 0.25) is 0 Å². The maximum Gasteiger partial charge on any atom is 0.160 e. The van der Waals surface area contributed by atoms with Crippen LogP contribution in [-0.2, 0) is 0 Å². The molecule has 2 aliphatic rings. The first-order chi connectivity index (χ1) is 14.4. The smallest absolute Gasteiger partial charge is 0.160 e. The van der Waals surface area contributed by atoms with Crippen molar-refractivity contribution >= 4 is 27.9 Å². The average molecular weight is 417 g/mol. The number of rotatable bonds is 2. The van der Waals surface area contributed by atoms with Crippen LogP contribution in [0.4, 0.5) is 0 Å². The van der Waals surface area contributed by atoms with E-state index in [0.29, 0.717) is 5.75 Å². The number of aromatic hydroxyl groups is 1. The standard InChI is InChI=1S/C26H24O3S/c1-26(2)13-21-25(22(30)14-26)23(16-8-10-18(27)20(12-16)28-3)24-17-7-5-4-6-15(17)9-11-19(24)29-21/h4-12,23,27H,13-14H2,1-3H3. The SMILES string of the molecule is COc1cc(C2C3=C(CC(C)(C)CC3=S)Oc3ccc4ccccc4c32)ccc1O. The van der Waals surface area contributed by atoms with Crippen molar-refractivity contribution in [3.8, 4) is 17.2 Å². The van der Waals surface area contributed by atoms with E-state index in [4.69, 9.17) is 21.7 Å². The fourth-order valence-corrected chi connectivity index (χ4v) is 5.46. The summed E-state index contributed by atoms with van der Waals surface area (Å²) in [4.78, 5) is 0.955. The molecule has 0 saturated heterocycles. The van der Waals surface area contributed by atoms with Crippen molar-refractivity contribution in [2.45, 2.75) is 32.6 Å². The number of benzene rings is 3. The molecule has 0 saturated carbocycles. The van der Waals surface area contributed by atoms with E-state index in [1.165, 1.54) is 5.39 Å². The van der Waals surface area contributed by atoms with Gasteiger partial charge < -0.3 is 14.6 Å². The van der Waals surface area contributed by atoms with Crippen molar-refractivity contribution in [3.05, 3.63) is 77.1 Å². The molecule has 0 spiro atoms. The second-order valence-electron chi connectivity index (χ2n) is 8.94. The minimum atomic E-state index is -0.0621. The Labute approximate surface area is 181 Å². The molecule has 0 amide bonds. The second-order valence-corrected chi connectivity index (χ2v) is 9.44. The molecule has 3 nitrogen and oxygen atoms in total. The predicted octanol–water partition coefficient (Wildman–Crippen LogP) is 6.52. The van der Waals surface area contributed by atoms with Crippen molar-refractivity contribution in [2.75, 3.05) is 7.11 Å². The van der Waals surface area contributed by atoms with Gasteiger partial charge in [-0.2, -0.15) is 0 Å². The van der Waals surface area contributed by atoms with Crippen molar-refractivity contribution in [1.82, 2.24) is 0 Å². The Hall–Kier alpha value is -2.85. The summed E-state index contributed by atoms with van der Waals surface area (Å²) in [6, 6.07) is 18.1. The monoisotopic (exact) mass is 416 g/mol. The first-order valence-electron chi connectivity index (χ1n) is 10.2. The highest BCUT2D eigenvalue weighted by atomic mass is 32.1. The molecule has 3 aromatic carbocycles. The number of hydrogen-bond donors (Lipinski definition) is 1. The van der Waals surface area contributed by atoms with Gasteiger partial charge in [-0.1, -0.05) is 62.5 Å². The summed E-state index contributed by atoms with van der Waals surface area (Å²) in [5.41, 5.74) is 3.34. The topological polar surface area (TPSA) is 38.7 Å². The lowest BCUT2D eigenvalue weighted by molar-refractivity contribution is 0.281. The Kier molecular flexibility index (Phi) is 4.37. The van der Waals surface area contributed by atoms with Crippen LogP contribution in [0, 0.1) is 5.41 Å². The summed E-state index contributed by atoms with van der Waals surface area (Å²) in [7, 11) is 1.57. The third-order valence-corrected chi connectivity index (χ3v) is 6.52. The third kappa shape index (κ3) is 2.98. The van der Waals surface area contributed by atoms with Gasteiger partial charge in [0.25, 0.3) is 0 Å². The van der Waals surface area contributed by atoms with Crippen LogP contribution >= 0.6 is 12.2 Å². The van der Waals surface area contributed by atoms with Crippen LogP contribution in [0.3, 0.4) is 0 Å². The first kappa shape index (κ1) is 19.1. The highest BCUT2D eigenvalue weighted by Crippen LogP contribution is 2.52. The zero-order valence-corrected chi connectivity index (χ0v) is 18.2. The van der Waals surface area contributed by atoms with E-state index in [9.17, 15) is 5.11 Å². The van der Waals surface area contributed by atoms with Gasteiger partial charge in [0.1, 0.15) is 11.5 Å². The fourth-order valence-electron chi connectivity index (χ4n) is 4.84. The summed E-state index contributed by atoms with van der Waals surface area (Å²) in [5.74, 6) is 2.38. The van der Waals surface area contributed by atoms with Crippen molar-refractivity contribution in [3.63, 3.8) is 0 Å². The molecule has 3 aromatic rings. The molecule has 1 unspecified atom stereocenters. The zero-order valence-electron chi connectivity index (χ0n) is 17.4. The largest absolute Gasteiger partial charge is 0.504 e. The highest BCUT2D eigenvalue weighted by Gasteiger charge is 2.41. The molecular formula is C26H24O3S. The lowest BCUT2D eigenvalue weighted by atomic mass is 9.70. The molecule has 0 fully saturated rings. The molecule has 30 heavy (non-hydrogen) atoms. The van der Waals surface area contributed by atoms with E-state index in [-0.39, 0.29) is 17.1 Å². The molecule has 152 valence electrons. The Bertz CT molecular complexity index is 1220. The lowest BCUT2D eigenvalue weighted by Crippen LogP contribution is -2.32. The molecule has 1 N–H and O–H groups in total. The highest BCUT2D eigenvalue weighted by molar-refractivity contribution is 7.80. The number of phenols is 1. The Morgan fingerprint density at radius 1 is 1.07 bits per heavy atom. The van der Waals surface area contributed by atoms with Gasteiger partial charge in [0.05, 0.1) is 7.11 Å². The van der Waals surface area contributed by atoms with Crippen LogP contribution in [-0.4, -0.2) is 17.1 Å². The van der Waals surface area contributed by atoms with Crippen molar-refractivity contribution in [1.29, 1.82) is 0 Å². The second kappa shape index (κ2) is 6.85. The van der Waals surface area contributed by atoms with Gasteiger partial charge in [0.15, 0.2) is 11.5 Å². The maximum atomic E-state index is 10.2. The van der Waals surface area contributed by atoms with Gasteiger partial charge in [-0.3, -0.25) is 0 Å². The van der Waals surface area contributed by atoms with E-state index < -0.39 is 0 Å². The summed E-state index contributed by atoms with van der Waals surface area (Å²) in [5, 5.41) is 12.5. The molecular weight excluding hydrogens is 392 g/mol. The Morgan fingerprint density at radius 3 is 2.67 bits per heavy atom. The number of fused-ring (bicyclic) bond motifs is 3. The molecule has 1 aliphatic heterocycles. The summed E-state index contributed by atoms with van der Waals surface area (Å²) in [6.45, 7) is 4.47. The Balaban J connectivity index is 1.82. The number of ether oxygens (including phenoxy) is 2. The van der Waals surface area contributed by atoms with Gasteiger partial charge >= 0.3 is 0 Å². The summed E-state index contributed by atoms with van der Waals surface area (Å²) < 4.78 is 11.9. The number of methoxy groups -OCH3 is 1. The minimum Gasteiger partial charge on any atom is -0.504 e. The van der Waals surface area contributed by atoms with E-state index in [0.717, 1.165) is 51.3 Å². The van der Waals surface area contributed by atoms with Crippen LogP contribution in [0.15, 0.2) is 65.9 Å². The van der Waals surface area contributed by atoms with Gasteiger partial charge in [0, 0.05) is 28.3 Å². The molecule has 1 atom stereocenters. The van der Waals surface area contributed by atoms with Gasteiger partial charge in [0.2, 0.25) is 0 Å². The van der Waals surface area contributed by atoms with E-state index in [1.807, 2.05) is 12.1 Å². The normalized spacial score (nSPS) is 19.8. The number of allylic oxidation sites excluding steroid dienone is 2.